The molecular formula is C24H25ClN6O6. The molecule has 0 saturated carbocycles. The maximum Gasteiger partial charge on any atom is 0.407 e. The number of fused-ring (bicyclic) bond motifs is 1. The Morgan fingerprint density at radius 3 is 2.78 bits per heavy atom. The van der Waals surface area contributed by atoms with Gasteiger partial charge in [0.25, 0.3) is 0 Å². The highest BCUT2D eigenvalue weighted by molar-refractivity contribution is 6.28. The molecule has 2 aromatic rings. The molecule has 4 rings (SSSR count). The first-order chi connectivity index (χ1) is 17.7. The van der Waals surface area contributed by atoms with Gasteiger partial charge < -0.3 is 19.6 Å². The van der Waals surface area contributed by atoms with E-state index in [0.717, 1.165) is 22.4 Å². The van der Waals surface area contributed by atoms with Crippen molar-refractivity contribution in [1.29, 1.82) is 5.26 Å². The van der Waals surface area contributed by atoms with Gasteiger partial charge in [0, 0.05) is 26.1 Å². The van der Waals surface area contributed by atoms with Gasteiger partial charge in [-0.15, -0.1) is 0 Å². The molecule has 2 aliphatic rings. The third-order valence-corrected chi connectivity index (χ3v) is 7.24. The largest absolute Gasteiger partial charge is 0.468 e. The lowest BCUT2D eigenvalue weighted by Gasteiger charge is -2.39. The van der Waals surface area contributed by atoms with Gasteiger partial charge in [0.15, 0.2) is 0 Å². The summed E-state index contributed by atoms with van der Waals surface area (Å²) in [6.07, 6.45) is 0.460. The van der Waals surface area contributed by atoms with Crippen LogP contribution >= 0.6 is 11.6 Å². The van der Waals surface area contributed by atoms with Gasteiger partial charge in [-0.2, -0.15) is 10.2 Å². The van der Waals surface area contributed by atoms with Crippen molar-refractivity contribution in [1.82, 2.24) is 14.9 Å². The van der Waals surface area contributed by atoms with Crippen LogP contribution in [-0.2, 0) is 27.8 Å². The van der Waals surface area contributed by atoms with Crippen molar-refractivity contribution >= 4 is 35.2 Å². The van der Waals surface area contributed by atoms with Crippen LogP contribution in [0.2, 0.25) is 5.28 Å². The van der Waals surface area contributed by atoms with Gasteiger partial charge >= 0.3 is 17.7 Å². The number of aromatic nitrogens is 2. The Bertz CT molecular complexity index is 1280. The van der Waals surface area contributed by atoms with E-state index in [1.54, 1.807) is 4.90 Å². The summed E-state index contributed by atoms with van der Waals surface area (Å²) in [5.74, 6) is -0.591. The fraction of sp³-hybridized carbons (Fsp3) is 0.458. The second-order valence-corrected chi connectivity index (χ2v) is 9.41. The van der Waals surface area contributed by atoms with Gasteiger partial charge in [-0.25, -0.2) is 9.78 Å². The first-order valence-corrected chi connectivity index (χ1v) is 12.1. The first kappa shape index (κ1) is 26.1. The van der Waals surface area contributed by atoms with Crippen molar-refractivity contribution in [2.75, 3.05) is 31.6 Å². The van der Waals surface area contributed by atoms with Crippen LogP contribution < -0.4 is 4.90 Å². The van der Waals surface area contributed by atoms with Gasteiger partial charge in [0.1, 0.15) is 5.69 Å². The zero-order chi connectivity index (χ0) is 26.7. The van der Waals surface area contributed by atoms with Gasteiger partial charge in [0.05, 0.1) is 36.0 Å². The average molecular weight is 529 g/mol. The van der Waals surface area contributed by atoms with Crippen molar-refractivity contribution in [2.45, 2.75) is 43.6 Å². The van der Waals surface area contributed by atoms with Crippen LogP contribution in [-0.4, -0.2) is 69.7 Å². The molecule has 0 radical (unpaired) electrons. The third kappa shape index (κ3) is 4.86. The highest BCUT2D eigenvalue weighted by Gasteiger charge is 2.47. The predicted molar refractivity (Wildman–Crippen MR) is 131 cm³/mol. The van der Waals surface area contributed by atoms with E-state index in [-0.39, 0.29) is 49.3 Å². The number of carbonyl (C=O) groups is 2. The molecule has 0 bridgehead atoms. The van der Waals surface area contributed by atoms with Crippen molar-refractivity contribution in [3.8, 4) is 6.07 Å². The van der Waals surface area contributed by atoms with Crippen LogP contribution in [0.4, 0.5) is 16.3 Å². The third-order valence-electron chi connectivity index (χ3n) is 7.08. The fourth-order valence-electron chi connectivity index (χ4n) is 5.44. The molecule has 0 spiro atoms. The number of anilines is 1. The summed E-state index contributed by atoms with van der Waals surface area (Å²) in [5, 5.41) is 30.8. The minimum atomic E-state index is -1.20. The Labute approximate surface area is 217 Å². The van der Waals surface area contributed by atoms with Crippen molar-refractivity contribution in [3.63, 3.8) is 0 Å². The number of esters is 1. The molecule has 1 N–H and O–H groups in total. The lowest BCUT2D eigenvalue weighted by molar-refractivity contribution is -0.385. The zero-order valence-electron chi connectivity index (χ0n) is 20.1. The summed E-state index contributed by atoms with van der Waals surface area (Å²) in [7, 11) is 1.28. The number of ether oxygens (including phenoxy) is 1. The number of carboxylic acid groups (broad SMARTS) is 1. The number of carbonyl (C=O) groups excluding carboxylic acids is 1. The van der Waals surface area contributed by atoms with Crippen LogP contribution in [0.25, 0.3) is 0 Å². The Morgan fingerprint density at radius 2 is 2.11 bits per heavy atom. The molecular weight excluding hydrogens is 504 g/mol. The zero-order valence-corrected chi connectivity index (χ0v) is 20.8. The molecule has 12 nitrogen and oxygen atoms in total. The fourth-order valence-corrected chi connectivity index (χ4v) is 5.62. The lowest BCUT2D eigenvalue weighted by atomic mass is 9.67. The summed E-state index contributed by atoms with van der Waals surface area (Å²) >= 11 is 6.25. The van der Waals surface area contributed by atoms with E-state index >= 15 is 0 Å². The Morgan fingerprint density at radius 1 is 1.35 bits per heavy atom. The maximum atomic E-state index is 13.3. The van der Waals surface area contributed by atoms with Crippen LogP contribution in [0.15, 0.2) is 24.3 Å². The number of rotatable bonds is 6. The van der Waals surface area contributed by atoms with Crippen molar-refractivity contribution in [3.05, 3.63) is 56.5 Å². The van der Waals surface area contributed by atoms with Gasteiger partial charge in [0.2, 0.25) is 11.1 Å². The number of piperazine rings is 1. The summed E-state index contributed by atoms with van der Waals surface area (Å²) in [6.45, 7) is 0.139. The number of halogens is 1. The van der Waals surface area contributed by atoms with E-state index in [1.165, 1.54) is 7.11 Å². The SMILES string of the molecule is COC(=O)C1(Cc2nc(Cl)nc(N3CCN(C(=O)O)C(CC#N)C3)c2[N+](=O)[O-])CCCc2ccccc21. The molecule has 2 unspecified atom stereocenters. The molecule has 1 aromatic carbocycles. The Hall–Kier alpha value is -3.98. The number of hydrogen-bond donors (Lipinski definition) is 1. The van der Waals surface area contributed by atoms with E-state index in [0.29, 0.717) is 12.8 Å². The number of nitriles is 1. The van der Waals surface area contributed by atoms with E-state index in [2.05, 4.69) is 9.97 Å². The molecule has 1 aliphatic heterocycles. The minimum Gasteiger partial charge on any atom is -0.468 e. The number of nitro groups is 1. The van der Waals surface area contributed by atoms with Crippen LogP contribution in [0.1, 0.15) is 36.1 Å². The summed E-state index contributed by atoms with van der Waals surface area (Å²) in [5.41, 5.74) is 0.0817. The van der Waals surface area contributed by atoms with Crippen molar-refractivity contribution < 1.29 is 24.4 Å². The number of amides is 1. The molecule has 13 heteroatoms. The standard InChI is InChI=1S/C24H25ClN6O6/c1-37-21(32)24(9-4-6-15-5-2-3-7-17(15)24)13-18-19(31(35)36)20(28-22(25)27-18)29-11-12-30(23(33)34)16(14-29)8-10-26/h2-3,5,7,16H,4,6,8-9,11-14H2,1H3,(H,33,34). The molecule has 1 saturated heterocycles. The number of methoxy groups -OCH3 is 1. The highest BCUT2D eigenvalue weighted by Crippen LogP contribution is 2.43. The molecule has 1 aliphatic carbocycles. The summed E-state index contributed by atoms with van der Waals surface area (Å²) in [6, 6.07) is 8.71. The quantitative estimate of drug-likeness (QED) is 0.255. The van der Waals surface area contributed by atoms with Crippen LogP contribution in [0.3, 0.4) is 0 Å². The average Bonchev–Trinajstić information content (AvgIpc) is 2.87. The summed E-state index contributed by atoms with van der Waals surface area (Å²) in [4.78, 5) is 47.7. The molecule has 1 amide bonds. The molecule has 194 valence electrons. The second-order valence-electron chi connectivity index (χ2n) is 9.07. The first-order valence-electron chi connectivity index (χ1n) is 11.7. The van der Waals surface area contributed by atoms with E-state index in [9.17, 15) is 30.1 Å². The van der Waals surface area contributed by atoms with Gasteiger partial charge in [-0.1, -0.05) is 24.3 Å². The number of nitrogens with zero attached hydrogens (tertiary/aromatic N) is 6. The Balaban J connectivity index is 1.81. The number of benzene rings is 1. The van der Waals surface area contributed by atoms with Gasteiger partial charge in [-0.3, -0.25) is 14.9 Å². The second kappa shape index (κ2) is 10.6. The smallest absolute Gasteiger partial charge is 0.407 e. The molecule has 37 heavy (non-hydrogen) atoms. The van der Waals surface area contributed by atoms with Crippen LogP contribution in [0, 0.1) is 21.4 Å². The van der Waals surface area contributed by atoms with E-state index < -0.39 is 34.1 Å². The van der Waals surface area contributed by atoms with E-state index in [4.69, 9.17) is 16.3 Å². The maximum absolute atomic E-state index is 13.3. The number of hydrogen-bond acceptors (Lipinski definition) is 9. The van der Waals surface area contributed by atoms with Gasteiger partial charge in [-0.05, 0) is 42.0 Å². The lowest BCUT2D eigenvalue weighted by Crippen LogP contribution is -2.55. The molecule has 2 heterocycles. The summed E-state index contributed by atoms with van der Waals surface area (Å²) < 4.78 is 5.19. The highest BCUT2D eigenvalue weighted by atomic mass is 35.5. The topological polar surface area (TPSA) is 163 Å². The normalized spacial score (nSPS) is 21.1. The number of aryl methyl sites for hydroxylation is 1. The minimum absolute atomic E-state index is 0.0124. The van der Waals surface area contributed by atoms with Crippen LogP contribution in [0.5, 0.6) is 0 Å². The molecule has 1 fully saturated rings. The molecule has 1 aromatic heterocycles. The monoisotopic (exact) mass is 528 g/mol. The molecule has 2 atom stereocenters. The Kier molecular flexibility index (Phi) is 7.45. The predicted octanol–water partition coefficient (Wildman–Crippen LogP) is 3.11. The van der Waals surface area contributed by atoms with E-state index in [1.807, 2.05) is 30.3 Å². The van der Waals surface area contributed by atoms with Crippen molar-refractivity contribution in [2.24, 2.45) is 0 Å².